The zero-order valence-corrected chi connectivity index (χ0v) is 8.00. The fourth-order valence-corrected chi connectivity index (χ4v) is 0.852. The maximum Gasteiger partial charge on any atom is 0.202 e. The highest BCUT2D eigenvalue weighted by Gasteiger charge is 1.99. The Morgan fingerprint density at radius 2 is 2.00 bits per heavy atom. The molecule has 1 aromatic rings. The maximum absolute atomic E-state index is 11.0. The van der Waals surface area contributed by atoms with E-state index in [4.69, 9.17) is 0 Å². The van der Waals surface area contributed by atoms with Crippen LogP contribution >= 0.6 is 0 Å². The Kier molecular flexibility index (Phi) is 3.14. The molecule has 3 heteroatoms. The first-order valence-corrected chi connectivity index (χ1v) is 4.10. The van der Waals surface area contributed by atoms with E-state index in [0.717, 1.165) is 0 Å². The number of ketones is 2. The molecule has 0 fully saturated rings. The molecule has 1 rings (SSSR count). The SMILES string of the molecule is CC(=O)C#Cc1cccc(C(C)=O)n1. The van der Waals surface area contributed by atoms with E-state index in [1.54, 1.807) is 18.2 Å². The molecule has 0 saturated heterocycles. The van der Waals surface area contributed by atoms with Crippen LogP contribution in [0.1, 0.15) is 30.0 Å². The monoisotopic (exact) mass is 187 g/mol. The maximum atomic E-state index is 11.0. The lowest BCUT2D eigenvalue weighted by atomic mass is 10.2. The molecule has 0 radical (unpaired) electrons. The number of Topliss-reactive ketones (excluding diaryl/α,β-unsaturated/α-hetero) is 2. The van der Waals surface area contributed by atoms with Gasteiger partial charge in [0.1, 0.15) is 11.4 Å². The molecule has 0 amide bonds. The van der Waals surface area contributed by atoms with Crippen LogP contribution in [0, 0.1) is 11.8 Å². The Labute approximate surface area is 82.2 Å². The second-order valence-corrected chi connectivity index (χ2v) is 2.77. The number of carbonyl (C=O) groups is 2. The van der Waals surface area contributed by atoms with Gasteiger partial charge in [-0.25, -0.2) is 4.98 Å². The topological polar surface area (TPSA) is 47.0 Å². The molecule has 70 valence electrons. The Hall–Kier alpha value is -1.95. The highest BCUT2D eigenvalue weighted by atomic mass is 16.1. The van der Waals surface area contributed by atoms with Gasteiger partial charge in [0.15, 0.2) is 5.78 Å². The van der Waals surface area contributed by atoms with Crippen LogP contribution in [0.3, 0.4) is 0 Å². The summed E-state index contributed by atoms with van der Waals surface area (Å²) >= 11 is 0. The van der Waals surface area contributed by atoms with Gasteiger partial charge >= 0.3 is 0 Å². The van der Waals surface area contributed by atoms with Crippen LogP contribution in [0.5, 0.6) is 0 Å². The zero-order chi connectivity index (χ0) is 10.6. The number of pyridine rings is 1. The molecule has 3 nitrogen and oxygen atoms in total. The Balaban J connectivity index is 3.02. The fraction of sp³-hybridized carbons (Fsp3) is 0.182. The van der Waals surface area contributed by atoms with E-state index in [0.29, 0.717) is 11.4 Å². The van der Waals surface area contributed by atoms with Gasteiger partial charge in [0.2, 0.25) is 5.78 Å². The predicted molar refractivity (Wildman–Crippen MR) is 51.8 cm³/mol. The minimum atomic E-state index is -0.222. The number of hydrogen-bond donors (Lipinski definition) is 0. The molecule has 14 heavy (non-hydrogen) atoms. The third-order valence-corrected chi connectivity index (χ3v) is 1.48. The molecule has 0 aliphatic rings. The Morgan fingerprint density at radius 3 is 2.57 bits per heavy atom. The molecule has 0 bridgehead atoms. The molecule has 0 N–H and O–H groups in total. The summed E-state index contributed by atoms with van der Waals surface area (Å²) in [6.07, 6.45) is 0. The molecular formula is C11H9NO2. The molecule has 0 aliphatic carbocycles. The minimum absolute atomic E-state index is 0.114. The molecule has 0 aromatic carbocycles. The first-order chi connectivity index (χ1) is 6.59. The van der Waals surface area contributed by atoms with Gasteiger partial charge in [-0.15, -0.1) is 0 Å². The predicted octanol–water partition coefficient (Wildman–Crippen LogP) is 1.22. The van der Waals surface area contributed by atoms with Crippen molar-refractivity contribution >= 4 is 11.6 Å². The lowest BCUT2D eigenvalue weighted by Gasteiger charge is -1.93. The van der Waals surface area contributed by atoms with E-state index in [1.165, 1.54) is 13.8 Å². The van der Waals surface area contributed by atoms with Crippen LogP contribution in [0.4, 0.5) is 0 Å². The van der Waals surface area contributed by atoms with E-state index in [2.05, 4.69) is 16.8 Å². The highest BCUT2D eigenvalue weighted by molar-refractivity contribution is 5.94. The van der Waals surface area contributed by atoms with Gasteiger partial charge in [0, 0.05) is 13.8 Å². The molecular weight excluding hydrogens is 178 g/mol. The van der Waals surface area contributed by atoms with Gasteiger partial charge in [-0.2, -0.15) is 0 Å². The average Bonchev–Trinajstić information content (AvgIpc) is 2.15. The number of aromatic nitrogens is 1. The summed E-state index contributed by atoms with van der Waals surface area (Å²) < 4.78 is 0. The van der Waals surface area contributed by atoms with E-state index >= 15 is 0 Å². The number of rotatable bonds is 1. The normalized spacial score (nSPS) is 8.71. The lowest BCUT2D eigenvalue weighted by molar-refractivity contribution is -0.111. The van der Waals surface area contributed by atoms with Crippen molar-refractivity contribution in [2.45, 2.75) is 13.8 Å². The summed E-state index contributed by atoms with van der Waals surface area (Å²) in [6, 6.07) is 4.96. The van der Waals surface area contributed by atoms with Crippen molar-refractivity contribution in [3.8, 4) is 11.8 Å². The van der Waals surface area contributed by atoms with Crippen molar-refractivity contribution in [3.05, 3.63) is 29.6 Å². The van der Waals surface area contributed by atoms with Crippen molar-refractivity contribution < 1.29 is 9.59 Å². The van der Waals surface area contributed by atoms with Crippen LogP contribution < -0.4 is 0 Å². The molecule has 0 unspecified atom stereocenters. The van der Waals surface area contributed by atoms with Gasteiger partial charge < -0.3 is 0 Å². The lowest BCUT2D eigenvalue weighted by Crippen LogP contribution is -1.97. The smallest absolute Gasteiger partial charge is 0.202 e. The van der Waals surface area contributed by atoms with Crippen LogP contribution in [0.2, 0.25) is 0 Å². The van der Waals surface area contributed by atoms with Crippen molar-refractivity contribution in [1.82, 2.24) is 4.98 Å². The van der Waals surface area contributed by atoms with Crippen LogP contribution in [-0.4, -0.2) is 16.6 Å². The number of nitrogens with zero attached hydrogens (tertiary/aromatic N) is 1. The van der Waals surface area contributed by atoms with Crippen LogP contribution in [0.15, 0.2) is 18.2 Å². The van der Waals surface area contributed by atoms with E-state index in [-0.39, 0.29) is 11.6 Å². The molecule has 0 aliphatic heterocycles. The zero-order valence-electron chi connectivity index (χ0n) is 8.00. The summed E-state index contributed by atoms with van der Waals surface area (Å²) in [6.45, 7) is 2.81. The molecule has 1 heterocycles. The molecule has 1 aromatic heterocycles. The quantitative estimate of drug-likeness (QED) is 0.490. The van der Waals surface area contributed by atoms with Crippen molar-refractivity contribution in [2.24, 2.45) is 0 Å². The second-order valence-electron chi connectivity index (χ2n) is 2.77. The second kappa shape index (κ2) is 4.33. The summed E-state index contributed by atoms with van der Waals surface area (Å²) in [5.74, 6) is 4.61. The third-order valence-electron chi connectivity index (χ3n) is 1.48. The molecule has 0 atom stereocenters. The summed E-state index contributed by atoms with van der Waals surface area (Å²) in [4.78, 5) is 25.5. The fourth-order valence-electron chi connectivity index (χ4n) is 0.852. The van der Waals surface area contributed by atoms with Crippen molar-refractivity contribution in [1.29, 1.82) is 0 Å². The van der Waals surface area contributed by atoms with Crippen LogP contribution in [0.25, 0.3) is 0 Å². The standard InChI is InChI=1S/C11H9NO2/c1-8(13)6-7-10-4-3-5-11(12-10)9(2)14/h3-5H,1-2H3. The third kappa shape index (κ3) is 2.83. The largest absolute Gasteiger partial charge is 0.293 e. The summed E-state index contributed by atoms with van der Waals surface area (Å²) in [5.41, 5.74) is 0.799. The highest BCUT2D eigenvalue weighted by Crippen LogP contribution is 1.98. The van der Waals surface area contributed by atoms with Gasteiger partial charge in [0.05, 0.1) is 0 Å². The van der Waals surface area contributed by atoms with E-state index in [9.17, 15) is 9.59 Å². The van der Waals surface area contributed by atoms with Gasteiger partial charge in [0.25, 0.3) is 0 Å². The molecule has 0 spiro atoms. The van der Waals surface area contributed by atoms with Gasteiger partial charge in [-0.1, -0.05) is 6.07 Å². The minimum Gasteiger partial charge on any atom is -0.293 e. The van der Waals surface area contributed by atoms with Crippen LogP contribution in [-0.2, 0) is 4.79 Å². The molecule has 0 saturated carbocycles. The number of carbonyl (C=O) groups excluding carboxylic acids is 2. The van der Waals surface area contributed by atoms with Crippen molar-refractivity contribution in [2.75, 3.05) is 0 Å². The number of hydrogen-bond acceptors (Lipinski definition) is 3. The van der Waals surface area contributed by atoms with Gasteiger partial charge in [-0.05, 0) is 24.0 Å². The average molecular weight is 187 g/mol. The van der Waals surface area contributed by atoms with Crippen molar-refractivity contribution in [3.63, 3.8) is 0 Å². The Morgan fingerprint density at radius 1 is 1.29 bits per heavy atom. The van der Waals surface area contributed by atoms with Gasteiger partial charge in [-0.3, -0.25) is 9.59 Å². The van der Waals surface area contributed by atoms with E-state index in [1.807, 2.05) is 0 Å². The summed E-state index contributed by atoms with van der Waals surface area (Å²) in [5, 5.41) is 0. The van der Waals surface area contributed by atoms with E-state index < -0.39 is 0 Å². The first-order valence-electron chi connectivity index (χ1n) is 4.10. The summed E-state index contributed by atoms with van der Waals surface area (Å²) in [7, 11) is 0. The Bertz CT molecular complexity index is 438. The first kappa shape index (κ1) is 10.1.